The Kier molecular flexibility index (Phi) is 9.08. The van der Waals surface area contributed by atoms with Gasteiger partial charge in [0.15, 0.2) is 0 Å². The number of phenolic OH excluding ortho intramolecular Hbond substituents is 1. The molecule has 0 aliphatic rings. The van der Waals surface area contributed by atoms with Gasteiger partial charge < -0.3 is 25.5 Å². The highest BCUT2D eigenvalue weighted by Gasteiger charge is 2.12. The number of hydrogen-bond donors (Lipinski definition) is 7. The summed E-state index contributed by atoms with van der Waals surface area (Å²) in [7, 11) is 0. The second-order valence-corrected chi connectivity index (χ2v) is 5.52. The molecule has 0 heterocycles. The Bertz CT molecular complexity index is 435. The zero-order valence-corrected chi connectivity index (χ0v) is 13.5. The molecule has 1 rings (SSSR count). The lowest BCUT2D eigenvalue weighted by Gasteiger charge is -2.17. The molecule has 0 saturated heterocycles. The number of benzene rings is 1. The Morgan fingerprint density at radius 1 is 0.957 bits per heavy atom. The fourth-order valence-electron chi connectivity index (χ4n) is 2.21. The molecule has 7 heteroatoms. The van der Waals surface area contributed by atoms with Gasteiger partial charge in [0.2, 0.25) is 0 Å². The third-order valence-electron chi connectivity index (χ3n) is 3.55. The number of aromatic hydroxyl groups is 1. The molecule has 0 radical (unpaired) electrons. The number of aliphatic hydroxyl groups excluding tert-OH is 4. The zero-order chi connectivity index (χ0) is 17.2. The largest absolute Gasteiger partial charge is 0.507 e. The fourth-order valence-corrected chi connectivity index (χ4v) is 2.21. The van der Waals surface area contributed by atoms with E-state index in [1.807, 2.05) is 12.1 Å². The molecule has 0 saturated carbocycles. The van der Waals surface area contributed by atoms with Crippen molar-refractivity contribution in [3.8, 4) is 5.75 Å². The molecule has 0 aliphatic heterocycles. The average molecular weight is 328 g/mol. The maximum Gasteiger partial charge on any atom is 0.128 e. The van der Waals surface area contributed by atoms with Crippen molar-refractivity contribution in [1.82, 2.24) is 10.6 Å². The van der Waals surface area contributed by atoms with Gasteiger partial charge >= 0.3 is 0 Å². The number of unbranched alkanes of at least 4 members (excludes halogenated alkanes) is 1. The van der Waals surface area contributed by atoms with Crippen LogP contribution < -0.4 is 10.6 Å². The van der Waals surface area contributed by atoms with Crippen LogP contribution in [0.1, 0.15) is 36.5 Å². The van der Waals surface area contributed by atoms with Gasteiger partial charge in [-0.2, -0.15) is 0 Å². The summed E-state index contributed by atoms with van der Waals surface area (Å²) in [6, 6.07) is 3.74. The van der Waals surface area contributed by atoms with E-state index in [4.69, 9.17) is 10.2 Å². The number of phenols is 1. The van der Waals surface area contributed by atoms with Crippen LogP contribution in [0, 0.1) is 0 Å². The molecule has 0 bridgehead atoms. The zero-order valence-electron chi connectivity index (χ0n) is 13.5. The van der Waals surface area contributed by atoms with Crippen molar-refractivity contribution in [3.63, 3.8) is 0 Å². The predicted octanol–water partition coefficient (Wildman–Crippen LogP) is -0.465. The van der Waals surface area contributed by atoms with Gasteiger partial charge in [-0.05, 0) is 18.4 Å². The Hall–Kier alpha value is -1.22. The quantitative estimate of drug-likeness (QED) is 0.274. The number of nitrogens with one attached hydrogen (secondary N) is 2. The minimum absolute atomic E-state index is 0.0699. The molecule has 0 fully saturated rings. The summed E-state index contributed by atoms with van der Waals surface area (Å²) in [5.74, 6) is 0.0699. The first kappa shape index (κ1) is 19.8. The Morgan fingerprint density at radius 2 is 1.43 bits per heavy atom. The van der Waals surface area contributed by atoms with Crippen LogP contribution in [0.4, 0.5) is 0 Å². The van der Waals surface area contributed by atoms with Crippen molar-refractivity contribution in [1.29, 1.82) is 0 Å². The van der Waals surface area contributed by atoms with Gasteiger partial charge in [0, 0.05) is 24.2 Å². The first-order chi connectivity index (χ1) is 11.0. The molecule has 0 amide bonds. The maximum absolute atomic E-state index is 10.3. The van der Waals surface area contributed by atoms with Crippen LogP contribution in [0.15, 0.2) is 12.1 Å². The molecule has 7 nitrogen and oxygen atoms in total. The van der Waals surface area contributed by atoms with Gasteiger partial charge in [-0.3, -0.25) is 10.6 Å². The minimum atomic E-state index is -1.05. The molecule has 2 atom stereocenters. The van der Waals surface area contributed by atoms with Crippen molar-refractivity contribution in [2.45, 2.75) is 51.7 Å². The lowest BCUT2D eigenvalue weighted by Crippen LogP contribution is -2.32. The van der Waals surface area contributed by atoms with Crippen LogP contribution >= 0.6 is 0 Å². The van der Waals surface area contributed by atoms with E-state index in [-0.39, 0.29) is 18.8 Å². The number of aryl methyl sites for hydroxylation is 1. The van der Waals surface area contributed by atoms with Crippen LogP contribution in [-0.4, -0.2) is 51.2 Å². The van der Waals surface area contributed by atoms with E-state index in [1.165, 1.54) is 0 Å². The van der Waals surface area contributed by atoms with Gasteiger partial charge in [0.25, 0.3) is 0 Å². The summed E-state index contributed by atoms with van der Waals surface area (Å²) in [5, 5.41) is 52.2. The molecule has 23 heavy (non-hydrogen) atoms. The number of rotatable bonds is 11. The summed E-state index contributed by atoms with van der Waals surface area (Å²) in [5.41, 5.74) is 2.28. The van der Waals surface area contributed by atoms with E-state index in [0.717, 1.165) is 24.8 Å². The van der Waals surface area contributed by atoms with Crippen molar-refractivity contribution in [3.05, 3.63) is 28.8 Å². The lowest BCUT2D eigenvalue weighted by molar-refractivity contribution is 0.0658. The third-order valence-corrected chi connectivity index (χ3v) is 3.55. The van der Waals surface area contributed by atoms with E-state index in [0.29, 0.717) is 11.1 Å². The molecule has 0 aliphatic carbocycles. The standard InChI is InChI=1S/C16H28N2O5/c1-2-3-4-11-5-12(7-17-14(21)9-19)16(23)13(6-11)8-18-15(22)10-20/h5-6,14-15,17-23H,2-4,7-10H2,1H3. The monoisotopic (exact) mass is 328 g/mol. The Balaban J connectivity index is 2.92. The lowest BCUT2D eigenvalue weighted by atomic mass is 10.00. The first-order valence-corrected chi connectivity index (χ1v) is 7.90. The third kappa shape index (κ3) is 6.82. The van der Waals surface area contributed by atoms with E-state index < -0.39 is 25.7 Å². The SMILES string of the molecule is CCCCc1cc(CNC(O)CO)c(O)c(CNC(O)CO)c1. The molecular weight excluding hydrogens is 300 g/mol. The van der Waals surface area contributed by atoms with E-state index >= 15 is 0 Å². The van der Waals surface area contributed by atoms with Crippen molar-refractivity contribution in [2.24, 2.45) is 0 Å². The Morgan fingerprint density at radius 3 is 1.83 bits per heavy atom. The molecule has 1 aromatic carbocycles. The predicted molar refractivity (Wildman–Crippen MR) is 86.6 cm³/mol. The summed E-state index contributed by atoms with van der Waals surface area (Å²) in [4.78, 5) is 0. The van der Waals surface area contributed by atoms with Crippen LogP contribution in [0.2, 0.25) is 0 Å². The molecule has 132 valence electrons. The van der Waals surface area contributed by atoms with Crippen LogP contribution in [-0.2, 0) is 19.5 Å². The molecule has 2 unspecified atom stereocenters. The highest BCUT2D eigenvalue weighted by Crippen LogP contribution is 2.26. The Labute approximate surface area is 136 Å². The summed E-state index contributed by atoms with van der Waals surface area (Å²) in [6.45, 7) is 1.70. The van der Waals surface area contributed by atoms with Crippen LogP contribution in [0.5, 0.6) is 5.75 Å². The number of aliphatic hydroxyl groups is 4. The van der Waals surface area contributed by atoms with Crippen molar-refractivity contribution >= 4 is 0 Å². The normalized spacial score (nSPS) is 14.0. The minimum Gasteiger partial charge on any atom is -0.507 e. The van der Waals surface area contributed by atoms with Crippen LogP contribution in [0.25, 0.3) is 0 Å². The molecular formula is C16H28N2O5. The number of hydrogen-bond acceptors (Lipinski definition) is 7. The van der Waals surface area contributed by atoms with Gasteiger partial charge in [-0.1, -0.05) is 25.5 Å². The van der Waals surface area contributed by atoms with E-state index in [2.05, 4.69) is 17.6 Å². The molecule has 0 aromatic heterocycles. The topological polar surface area (TPSA) is 125 Å². The van der Waals surface area contributed by atoms with E-state index in [9.17, 15) is 15.3 Å². The van der Waals surface area contributed by atoms with Crippen molar-refractivity contribution < 1.29 is 25.5 Å². The van der Waals surface area contributed by atoms with Crippen LogP contribution in [0.3, 0.4) is 0 Å². The summed E-state index contributed by atoms with van der Waals surface area (Å²) < 4.78 is 0. The second-order valence-electron chi connectivity index (χ2n) is 5.52. The highest BCUT2D eigenvalue weighted by molar-refractivity contribution is 5.44. The fraction of sp³-hybridized carbons (Fsp3) is 0.625. The van der Waals surface area contributed by atoms with Crippen molar-refractivity contribution in [2.75, 3.05) is 13.2 Å². The van der Waals surface area contributed by atoms with E-state index in [1.54, 1.807) is 0 Å². The smallest absolute Gasteiger partial charge is 0.128 e. The van der Waals surface area contributed by atoms with Gasteiger partial charge in [0.1, 0.15) is 18.2 Å². The maximum atomic E-state index is 10.3. The molecule has 7 N–H and O–H groups in total. The van der Waals surface area contributed by atoms with Gasteiger partial charge in [0.05, 0.1) is 13.2 Å². The van der Waals surface area contributed by atoms with Gasteiger partial charge in [-0.25, -0.2) is 0 Å². The highest BCUT2D eigenvalue weighted by atomic mass is 16.3. The summed E-state index contributed by atoms with van der Waals surface area (Å²) in [6.07, 6.45) is 0.831. The molecule has 1 aromatic rings. The van der Waals surface area contributed by atoms with Gasteiger partial charge in [-0.15, -0.1) is 0 Å². The average Bonchev–Trinajstić information content (AvgIpc) is 2.57. The molecule has 0 spiro atoms. The first-order valence-electron chi connectivity index (χ1n) is 7.90. The summed E-state index contributed by atoms with van der Waals surface area (Å²) >= 11 is 0. The second kappa shape index (κ2) is 10.5.